The van der Waals surface area contributed by atoms with Crippen molar-refractivity contribution in [2.24, 2.45) is 11.7 Å². The van der Waals surface area contributed by atoms with E-state index >= 15 is 0 Å². The van der Waals surface area contributed by atoms with Crippen molar-refractivity contribution in [3.05, 3.63) is 0 Å². The van der Waals surface area contributed by atoms with Gasteiger partial charge in [-0.15, -0.1) is 0 Å². The Morgan fingerprint density at radius 1 is 1.25 bits per heavy atom. The highest BCUT2D eigenvalue weighted by Gasteiger charge is 2.10. The summed E-state index contributed by atoms with van der Waals surface area (Å²) in [7, 11) is 0. The number of rotatable bonds is 7. The summed E-state index contributed by atoms with van der Waals surface area (Å²) in [5.41, 5.74) is 5.56. The molecule has 0 fully saturated rings. The van der Waals surface area contributed by atoms with E-state index in [1.165, 1.54) is 19.3 Å². The Hall–Kier alpha value is -0.0800. The van der Waals surface area contributed by atoms with Gasteiger partial charge in [0.1, 0.15) is 0 Å². The first kappa shape index (κ1) is 11.9. The zero-order valence-corrected chi connectivity index (χ0v) is 8.68. The van der Waals surface area contributed by atoms with E-state index in [9.17, 15) is 0 Å². The minimum absolute atomic E-state index is 0.252. The van der Waals surface area contributed by atoms with Crippen molar-refractivity contribution in [1.82, 2.24) is 0 Å². The SMILES string of the molecule is CCCCCOC(CN)C(C)C. The van der Waals surface area contributed by atoms with Crippen LogP contribution < -0.4 is 5.73 Å². The molecule has 2 nitrogen and oxygen atoms in total. The van der Waals surface area contributed by atoms with Crippen molar-refractivity contribution in [3.63, 3.8) is 0 Å². The van der Waals surface area contributed by atoms with E-state index in [0.717, 1.165) is 6.61 Å². The van der Waals surface area contributed by atoms with Crippen LogP contribution in [-0.2, 0) is 4.74 Å². The molecule has 0 aromatic carbocycles. The van der Waals surface area contributed by atoms with Crippen LogP contribution in [0.15, 0.2) is 0 Å². The number of hydrogen-bond acceptors (Lipinski definition) is 2. The van der Waals surface area contributed by atoms with Gasteiger partial charge in [-0.1, -0.05) is 33.6 Å². The largest absolute Gasteiger partial charge is 0.377 e. The van der Waals surface area contributed by atoms with Gasteiger partial charge in [-0.2, -0.15) is 0 Å². The zero-order valence-electron chi connectivity index (χ0n) is 8.68. The van der Waals surface area contributed by atoms with Crippen molar-refractivity contribution in [3.8, 4) is 0 Å². The van der Waals surface area contributed by atoms with Gasteiger partial charge in [0.15, 0.2) is 0 Å². The molecule has 0 amide bonds. The standard InChI is InChI=1S/C10H23NO/c1-4-5-6-7-12-10(8-11)9(2)3/h9-10H,4-8,11H2,1-3H3. The second-order valence-electron chi connectivity index (χ2n) is 3.60. The Morgan fingerprint density at radius 3 is 2.33 bits per heavy atom. The maximum atomic E-state index is 5.63. The van der Waals surface area contributed by atoms with Crippen molar-refractivity contribution >= 4 is 0 Å². The van der Waals surface area contributed by atoms with Crippen LogP contribution in [0.5, 0.6) is 0 Å². The summed E-state index contributed by atoms with van der Waals surface area (Å²) < 4.78 is 5.63. The topological polar surface area (TPSA) is 35.2 Å². The Kier molecular flexibility index (Phi) is 7.51. The Labute approximate surface area is 76.5 Å². The van der Waals surface area contributed by atoms with Crippen molar-refractivity contribution in [2.75, 3.05) is 13.2 Å². The third kappa shape index (κ3) is 5.56. The van der Waals surface area contributed by atoms with E-state index in [4.69, 9.17) is 10.5 Å². The molecule has 0 aromatic rings. The van der Waals surface area contributed by atoms with Crippen LogP contribution in [-0.4, -0.2) is 19.3 Å². The Morgan fingerprint density at radius 2 is 1.92 bits per heavy atom. The molecule has 0 aliphatic carbocycles. The second kappa shape index (κ2) is 7.56. The molecule has 0 spiro atoms. The first-order valence-electron chi connectivity index (χ1n) is 5.04. The van der Waals surface area contributed by atoms with E-state index in [0.29, 0.717) is 12.5 Å². The minimum Gasteiger partial charge on any atom is -0.377 e. The molecule has 0 aliphatic rings. The van der Waals surface area contributed by atoms with E-state index in [1.54, 1.807) is 0 Å². The summed E-state index contributed by atoms with van der Waals surface area (Å²) in [6.45, 7) is 8.01. The van der Waals surface area contributed by atoms with Gasteiger partial charge in [0, 0.05) is 13.2 Å². The third-order valence-corrected chi connectivity index (χ3v) is 2.06. The lowest BCUT2D eigenvalue weighted by molar-refractivity contribution is 0.0266. The van der Waals surface area contributed by atoms with Gasteiger partial charge in [-0.05, 0) is 12.3 Å². The Bertz CT molecular complexity index is 93.8. The molecule has 12 heavy (non-hydrogen) atoms. The molecule has 0 rings (SSSR count). The van der Waals surface area contributed by atoms with Gasteiger partial charge in [0.2, 0.25) is 0 Å². The molecular weight excluding hydrogens is 150 g/mol. The lowest BCUT2D eigenvalue weighted by atomic mass is 10.1. The molecule has 0 heterocycles. The highest BCUT2D eigenvalue weighted by molar-refractivity contribution is 4.62. The monoisotopic (exact) mass is 173 g/mol. The fourth-order valence-electron chi connectivity index (χ4n) is 1.12. The molecule has 0 bridgehead atoms. The van der Waals surface area contributed by atoms with Crippen LogP contribution in [0.2, 0.25) is 0 Å². The maximum absolute atomic E-state index is 5.63. The minimum atomic E-state index is 0.252. The first-order chi connectivity index (χ1) is 5.72. The van der Waals surface area contributed by atoms with Gasteiger partial charge in [0.05, 0.1) is 6.10 Å². The molecule has 1 atom stereocenters. The van der Waals surface area contributed by atoms with Crippen molar-refractivity contribution in [1.29, 1.82) is 0 Å². The lowest BCUT2D eigenvalue weighted by Crippen LogP contribution is -2.29. The predicted molar refractivity (Wildman–Crippen MR) is 53.2 cm³/mol. The smallest absolute Gasteiger partial charge is 0.0720 e. The third-order valence-electron chi connectivity index (χ3n) is 2.06. The first-order valence-corrected chi connectivity index (χ1v) is 5.04. The molecule has 0 saturated carbocycles. The van der Waals surface area contributed by atoms with E-state index in [2.05, 4.69) is 20.8 Å². The van der Waals surface area contributed by atoms with Crippen LogP contribution in [0.1, 0.15) is 40.0 Å². The summed E-state index contributed by atoms with van der Waals surface area (Å²) in [5, 5.41) is 0. The lowest BCUT2D eigenvalue weighted by Gasteiger charge is -2.19. The summed E-state index contributed by atoms with van der Waals surface area (Å²) in [5.74, 6) is 0.539. The van der Waals surface area contributed by atoms with Crippen molar-refractivity contribution < 1.29 is 4.74 Å². The van der Waals surface area contributed by atoms with E-state index in [-0.39, 0.29) is 6.10 Å². The van der Waals surface area contributed by atoms with Crippen LogP contribution in [0.3, 0.4) is 0 Å². The summed E-state index contributed by atoms with van der Waals surface area (Å²) in [6, 6.07) is 0. The number of nitrogens with two attached hydrogens (primary N) is 1. The van der Waals surface area contributed by atoms with Gasteiger partial charge >= 0.3 is 0 Å². The van der Waals surface area contributed by atoms with Crippen LogP contribution in [0, 0.1) is 5.92 Å². The van der Waals surface area contributed by atoms with E-state index in [1.807, 2.05) is 0 Å². The highest BCUT2D eigenvalue weighted by Crippen LogP contribution is 2.06. The molecular formula is C10H23NO. The zero-order chi connectivity index (χ0) is 9.40. The van der Waals surface area contributed by atoms with E-state index < -0.39 is 0 Å². The van der Waals surface area contributed by atoms with Gasteiger partial charge in [-0.3, -0.25) is 0 Å². The number of unbranched alkanes of at least 4 members (excludes halogenated alkanes) is 2. The molecule has 0 aliphatic heterocycles. The van der Waals surface area contributed by atoms with Gasteiger partial charge in [-0.25, -0.2) is 0 Å². The van der Waals surface area contributed by atoms with Crippen molar-refractivity contribution in [2.45, 2.75) is 46.1 Å². The number of hydrogen-bond donors (Lipinski definition) is 1. The predicted octanol–water partition coefficient (Wildman–Crippen LogP) is 2.18. The quantitative estimate of drug-likeness (QED) is 0.599. The normalized spacial score (nSPS) is 13.8. The molecule has 2 heteroatoms. The summed E-state index contributed by atoms with van der Waals surface area (Å²) in [4.78, 5) is 0. The summed E-state index contributed by atoms with van der Waals surface area (Å²) >= 11 is 0. The van der Waals surface area contributed by atoms with Gasteiger partial charge in [0.25, 0.3) is 0 Å². The molecule has 0 aromatic heterocycles. The summed E-state index contributed by atoms with van der Waals surface area (Å²) in [6.07, 6.45) is 3.93. The van der Waals surface area contributed by atoms with Gasteiger partial charge < -0.3 is 10.5 Å². The average molecular weight is 173 g/mol. The average Bonchev–Trinajstić information content (AvgIpc) is 2.04. The van der Waals surface area contributed by atoms with Crippen LogP contribution in [0.4, 0.5) is 0 Å². The Balaban J connectivity index is 3.32. The van der Waals surface area contributed by atoms with Crippen LogP contribution in [0.25, 0.3) is 0 Å². The molecule has 0 radical (unpaired) electrons. The number of ether oxygens (including phenoxy) is 1. The maximum Gasteiger partial charge on any atom is 0.0720 e. The molecule has 74 valence electrons. The molecule has 2 N–H and O–H groups in total. The molecule has 0 saturated heterocycles. The highest BCUT2D eigenvalue weighted by atomic mass is 16.5. The molecule has 1 unspecified atom stereocenters. The van der Waals surface area contributed by atoms with Crippen LogP contribution >= 0.6 is 0 Å². The fraction of sp³-hybridized carbons (Fsp3) is 1.00. The second-order valence-corrected chi connectivity index (χ2v) is 3.60. The fourth-order valence-corrected chi connectivity index (χ4v) is 1.12.